The Morgan fingerprint density at radius 3 is 2.43 bits per heavy atom. The monoisotopic (exact) mass is 334 g/mol. The molecule has 2 rings (SSSR count). The van der Waals surface area contributed by atoms with Crippen LogP contribution in [0, 0.1) is 5.82 Å². The predicted octanol–water partition coefficient (Wildman–Crippen LogP) is 3.67. The van der Waals surface area contributed by atoms with Crippen molar-refractivity contribution < 1.29 is 13.9 Å². The van der Waals surface area contributed by atoms with Crippen LogP contribution in [0.25, 0.3) is 0 Å². The molecule has 122 valence electrons. The summed E-state index contributed by atoms with van der Waals surface area (Å²) in [7, 11) is 5.08. The maximum atomic E-state index is 12.9. The van der Waals surface area contributed by atoms with E-state index in [1.54, 1.807) is 26.4 Å². The summed E-state index contributed by atoms with van der Waals surface area (Å²) in [6.45, 7) is 0.549. The molecule has 0 radical (unpaired) electrons. The maximum Gasteiger partial charge on any atom is 0.173 e. The molecular formula is C17H19FN2O2S. The van der Waals surface area contributed by atoms with Crippen molar-refractivity contribution in [3.8, 4) is 11.5 Å². The molecule has 0 aliphatic rings. The van der Waals surface area contributed by atoms with E-state index < -0.39 is 0 Å². The number of ether oxygens (including phenoxy) is 2. The second-order valence-corrected chi connectivity index (χ2v) is 5.33. The minimum absolute atomic E-state index is 0.282. The van der Waals surface area contributed by atoms with Gasteiger partial charge < -0.3 is 19.7 Å². The van der Waals surface area contributed by atoms with E-state index in [0.29, 0.717) is 23.2 Å². The van der Waals surface area contributed by atoms with E-state index in [9.17, 15) is 4.39 Å². The molecule has 0 atom stereocenters. The highest BCUT2D eigenvalue weighted by atomic mass is 32.1. The highest BCUT2D eigenvalue weighted by molar-refractivity contribution is 7.80. The summed E-state index contributed by atoms with van der Waals surface area (Å²) in [4.78, 5) is 1.87. The van der Waals surface area contributed by atoms with Crippen LogP contribution in [-0.2, 0) is 6.54 Å². The minimum atomic E-state index is -0.282. The van der Waals surface area contributed by atoms with Crippen LogP contribution in [0.5, 0.6) is 11.5 Å². The summed E-state index contributed by atoms with van der Waals surface area (Å²) in [6.07, 6.45) is 0. The Morgan fingerprint density at radius 2 is 1.83 bits per heavy atom. The smallest absolute Gasteiger partial charge is 0.173 e. The molecule has 0 aliphatic carbocycles. The van der Waals surface area contributed by atoms with E-state index in [1.165, 1.54) is 12.1 Å². The Hall–Kier alpha value is -2.34. The summed E-state index contributed by atoms with van der Waals surface area (Å²) in [5, 5.41) is 3.60. The van der Waals surface area contributed by atoms with Crippen molar-refractivity contribution in [2.75, 3.05) is 26.6 Å². The van der Waals surface area contributed by atoms with Crippen LogP contribution in [0.4, 0.5) is 10.1 Å². The van der Waals surface area contributed by atoms with Crippen molar-refractivity contribution in [3.05, 3.63) is 53.8 Å². The first-order valence-electron chi connectivity index (χ1n) is 7.02. The zero-order valence-electron chi connectivity index (χ0n) is 13.3. The second-order valence-electron chi connectivity index (χ2n) is 4.95. The van der Waals surface area contributed by atoms with Crippen LogP contribution in [-0.4, -0.2) is 31.3 Å². The van der Waals surface area contributed by atoms with Gasteiger partial charge in [-0.25, -0.2) is 4.39 Å². The van der Waals surface area contributed by atoms with Crippen LogP contribution in [0.3, 0.4) is 0 Å². The fourth-order valence-electron chi connectivity index (χ4n) is 2.16. The Kier molecular flexibility index (Phi) is 5.76. The highest BCUT2D eigenvalue weighted by Gasteiger charge is 2.13. The Bertz CT molecular complexity index is 677. The number of anilines is 1. The Balaban J connectivity index is 2.08. The number of thiocarbonyl (C=S) groups is 1. The van der Waals surface area contributed by atoms with E-state index in [-0.39, 0.29) is 5.82 Å². The van der Waals surface area contributed by atoms with E-state index in [2.05, 4.69) is 5.32 Å². The van der Waals surface area contributed by atoms with Crippen LogP contribution in [0.15, 0.2) is 42.5 Å². The van der Waals surface area contributed by atoms with Gasteiger partial charge in [-0.1, -0.05) is 12.1 Å². The number of hydrogen-bond donors (Lipinski definition) is 1. The molecule has 0 heterocycles. The summed E-state index contributed by atoms with van der Waals surface area (Å²) in [5.74, 6) is 1.08. The van der Waals surface area contributed by atoms with E-state index in [0.717, 1.165) is 11.3 Å². The lowest BCUT2D eigenvalue weighted by Crippen LogP contribution is -2.30. The number of para-hydroxylation sites is 1. The molecule has 0 amide bonds. The highest BCUT2D eigenvalue weighted by Crippen LogP contribution is 2.31. The van der Waals surface area contributed by atoms with Gasteiger partial charge in [-0.3, -0.25) is 0 Å². The molecule has 6 heteroatoms. The third kappa shape index (κ3) is 4.32. The van der Waals surface area contributed by atoms with E-state index in [1.807, 2.05) is 30.1 Å². The zero-order valence-corrected chi connectivity index (χ0v) is 14.1. The van der Waals surface area contributed by atoms with Crippen molar-refractivity contribution in [1.82, 2.24) is 4.90 Å². The minimum Gasteiger partial charge on any atom is -0.493 e. The van der Waals surface area contributed by atoms with E-state index >= 15 is 0 Å². The number of nitrogens with one attached hydrogen (secondary N) is 1. The lowest BCUT2D eigenvalue weighted by molar-refractivity contribution is 0.347. The van der Waals surface area contributed by atoms with E-state index in [4.69, 9.17) is 21.7 Å². The second kappa shape index (κ2) is 7.78. The summed E-state index contributed by atoms with van der Waals surface area (Å²) >= 11 is 5.38. The van der Waals surface area contributed by atoms with Gasteiger partial charge in [0, 0.05) is 24.8 Å². The molecule has 1 N–H and O–H groups in total. The Labute approximate surface area is 140 Å². The molecule has 0 bridgehead atoms. The average molecular weight is 334 g/mol. The van der Waals surface area contributed by atoms with Gasteiger partial charge in [-0.2, -0.15) is 0 Å². The fourth-order valence-corrected chi connectivity index (χ4v) is 2.34. The van der Waals surface area contributed by atoms with Gasteiger partial charge >= 0.3 is 0 Å². The van der Waals surface area contributed by atoms with Gasteiger partial charge in [-0.05, 0) is 42.5 Å². The Morgan fingerprint density at radius 1 is 1.13 bits per heavy atom. The third-order valence-corrected chi connectivity index (χ3v) is 3.75. The summed E-state index contributed by atoms with van der Waals surface area (Å²) < 4.78 is 23.6. The summed E-state index contributed by atoms with van der Waals surface area (Å²) in [5.41, 5.74) is 1.69. The molecule has 2 aromatic rings. The topological polar surface area (TPSA) is 33.7 Å². The van der Waals surface area contributed by atoms with Crippen molar-refractivity contribution in [2.45, 2.75) is 6.54 Å². The predicted molar refractivity (Wildman–Crippen MR) is 93.6 cm³/mol. The lowest BCUT2D eigenvalue weighted by atomic mass is 10.1. The van der Waals surface area contributed by atoms with Gasteiger partial charge in [0.1, 0.15) is 5.82 Å². The van der Waals surface area contributed by atoms with Crippen molar-refractivity contribution in [2.24, 2.45) is 0 Å². The molecule has 0 fully saturated rings. The summed E-state index contributed by atoms with van der Waals surface area (Å²) in [6, 6.07) is 11.8. The van der Waals surface area contributed by atoms with Gasteiger partial charge in [0.15, 0.2) is 16.6 Å². The molecule has 23 heavy (non-hydrogen) atoms. The largest absolute Gasteiger partial charge is 0.493 e. The lowest BCUT2D eigenvalue weighted by Gasteiger charge is -2.22. The molecule has 0 saturated heterocycles. The fraction of sp³-hybridized carbons (Fsp3) is 0.235. The first-order chi connectivity index (χ1) is 11.0. The van der Waals surface area contributed by atoms with Crippen LogP contribution < -0.4 is 14.8 Å². The SMILES string of the molecule is COc1cccc(CN(C)C(=S)Nc2ccc(F)cc2)c1OC. The van der Waals surface area contributed by atoms with Crippen LogP contribution in [0.2, 0.25) is 0 Å². The number of methoxy groups -OCH3 is 2. The molecule has 0 aromatic heterocycles. The van der Waals surface area contributed by atoms with Crippen molar-refractivity contribution >= 4 is 23.0 Å². The van der Waals surface area contributed by atoms with Gasteiger partial charge in [0.2, 0.25) is 0 Å². The van der Waals surface area contributed by atoms with Crippen LogP contribution in [0.1, 0.15) is 5.56 Å². The average Bonchev–Trinajstić information content (AvgIpc) is 2.56. The molecule has 0 unspecified atom stereocenters. The molecule has 2 aromatic carbocycles. The number of nitrogens with zero attached hydrogens (tertiary/aromatic N) is 1. The van der Waals surface area contributed by atoms with Gasteiger partial charge in [-0.15, -0.1) is 0 Å². The maximum absolute atomic E-state index is 12.9. The third-order valence-electron chi connectivity index (χ3n) is 3.33. The first-order valence-corrected chi connectivity index (χ1v) is 7.43. The molecular weight excluding hydrogens is 315 g/mol. The van der Waals surface area contributed by atoms with Gasteiger partial charge in [0.25, 0.3) is 0 Å². The zero-order chi connectivity index (χ0) is 16.8. The van der Waals surface area contributed by atoms with Crippen molar-refractivity contribution in [1.29, 1.82) is 0 Å². The normalized spacial score (nSPS) is 10.1. The molecule has 0 spiro atoms. The molecule has 4 nitrogen and oxygen atoms in total. The first kappa shape index (κ1) is 17.0. The van der Waals surface area contributed by atoms with Gasteiger partial charge in [0.05, 0.1) is 14.2 Å². The molecule has 0 aliphatic heterocycles. The number of hydrogen-bond acceptors (Lipinski definition) is 3. The quantitative estimate of drug-likeness (QED) is 0.844. The molecule has 0 saturated carbocycles. The van der Waals surface area contributed by atoms with Crippen LogP contribution >= 0.6 is 12.2 Å². The standard InChI is InChI=1S/C17H19FN2O2S/c1-20(17(23)19-14-9-7-13(18)8-10-14)11-12-5-4-6-15(21-2)16(12)22-3/h4-10H,11H2,1-3H3,(H,19,23). The number of halogens is 1. The number of benzene rings is 2. The van der Waals surface area contributed by atoms with Crippen molar-refractivity contribution in [3.63, 3.8) is 0 Å². The number of rotatable bonds is 5.